The maximum absolute atomic E-state index is 5.69. The van der Waals surface area contributed by atoms with Gasteiger partial charge in [0.25, 0.3) is 0 Å². The highest BCUT2D eigenvalue weighted by molar-refractivity contribution is 6.17. The van der Waals surface area contributed by atoms with Crippen molar-refractivity contribution in [3.63, 3.8) is 0 Å². The fourth-order valence-corrected chi connectivity index (χ4v) is 5.44. The lowest BCUT2D eigenvalue weighted by molar-refractivity contribution is -0.0446. The van der Waals surface area contributed by atoms with Crippen molar-refractivity contribution in [1.29, 1.82) is 0 Å². The monoisotopic (exact) mass is 295 g/mol. The average Bonchev–Trinajstić information content (AvgIpc) is 2.83. The molecule has 0 atom stereocenters. The van der Waals surface area contributed by atoms with Crippen molar-refractivity contribution in [3.05, 3.63) is 5.89 Å². The van der Waals surface area contributed by atoms with E-state index in [0.29, 0.717) is 29.6 Å². The van der Waals surface area contributed by atoms with Crippen molar-refractivity contribution in [2.45, 2.75) is 44.9 Å². The van der Waals surface area contributed by atoms with E-state index in [2.05, 4.69) is 15.5 Å². The van der Waals surface area contributed by atoms with Crippen LogP contribution < -0.4 is 5.32 Å². The Morgan fingerprint density at radius 3 is 2.35 bits per heavy atom. The molecule has 0 amide bonds. The predicted octanol–water partition coefficient (Wildman–Crippen LogP) is 3.48. The number of hydrogen-bond donors (Lipinski definition) is 1. The van der Waals surface area contributed by atoms with Gasteiger partial charge in [-0.2, -0.15) is 0 Å². The second-order valence-electron chi connectivity index (χ2n) is 7.21. The maximum Gasteiger partial charge on any atom is 0.315 e. The summed E-state index contributed by atoms with van der Waals surface area (Å²) in [7, 11) is 0. The van der Waals surface area contributed by atoms with Gasteiger partial charge >= 0.3 is 6.01 Å². The Labute approximate surface area is 124 Å². The first kappa shape index (κ1) is 12.9. The summed E-state index contributed by atoms with van der Waals surface area (Å²) in [6, 6.07) is 0.570. The molecule has 1 N–H and O–H groups in total. The van der Waals surface area contributed by atoms with Crippen molar-refractivity contribution in [2.75, 3.05) is 17.7 Å². The topological polar surface area (TPSA) is 51.0 Å². The molecule has 0 radical (unpaired) electrons. The van der Waals surface area contributed by atoms with Crippen LogP contribution in [0.15, 0.2) is 4.42 Å². The lowest BCUT2D eigenvalue weighted by Crippen LogP contribution is -2.49. The van der Waals surface area contributed by atoms with Crippen LogP contribution >= 0.6 is 11.6 Å². The number of halogens is 1. The van der Waals surface area contributed by atoms with Gasteiger partial charge in [-0.1, -0.05) is 5.10 Å². The van der Waals surface area contributed by atoms with Crippen LogP contribution in [0.1, 0.15) is 44.4 Å². The third-order valence-corrected chi connectivity index (χ3v) is 5.74. The first-order chi connectivity index (χ1) is 9.75. The Hall–Kier alpha value is -0.770. The van der Waals surface area contributed by atoms with E-state index in [0.717, 1.165) is 24.3 Å². The third kappa shape index (κ3) is 2.32. The summed E-state index contributed by atoms with van der Waals surface area (Å²) in [6.07, 6.45) is 9.30. The normalized spacial score (nSPS) is 38.4. The number of nitrogens with one attached hydrogen (secondary N) is 1. The van der Waals surface area contributed by atoms with E-state index in [9.17, 15) is 0 Å². The molecule has 4 bridgehead atoms. The van der Waals surface area contributed by atoms with Crippen LogP contribution in [0.2, 0.25) is 0 Å². The molecule has 4 aliphatic rings. The van der Waals surface area contributed by atoms with Gasteiger partial charge < -0.3 is 9.73 Å². The molecule has 0 saturated heterocycles. The van der Waals surface area contributed by atoms with Crippen molar-refractivity contribution >= 4 is 17.6 Å². The summed E-state index contributed by atoms with van der Waals surface area (Å²) in [6.45, 7) is 0.999. The van der Waals surface area contributed by atoms with Gasteiger partial charge in [0.15, 0.2) is 0 Å². The molecule has 1 aromatic heterocycles. The Kier molecular flexibility index (Phi) is 3.17. The minimum atomic E-state index is 0.496. The number of nitrogens with zero attached hydrogens (tertiary/aromatic N) is 2. The number of aromatic nitrogens is 2. The highest BCUT2D eigenvalue weighted by Gasteiger charge is 2.50. The number of alkyl halides is 1. The molecule has 0 aliphatic heterocycles. The molecule has 4 nitrogen and oxygen atoms in total. The molecule has 1 aromatic rings. The minimum Gasteiger partial charge on any atom is -0.408 e. The quantitative estimate of drug-likeness (QED) is 0.845. The van der Waals surface area contributed by atoms with Crippen LogP contribution in [-0.2, 0) is 6.42 Å². The zero-order valence-corrected chi connectivity index (χ0v) is 12.5. The van der Waals surface area contributed by atoms with Gasteiger partial charge in [0.05, 0.1) is 0 Å². The smallest absolute Gasteiger partial charge is 0.315 e. The summed E-state index contributed by atoms with van der Waals surface area (Å²) in [4.78, 5) is 0. The van der Waals surface area contributed by atoms with Gasteiger partial charge in [0.2, 0.25) is 5.89 Å². The van der Waals surface area contributed by atoms with E-state index < -0.39 is 0 Å². The Morgan fingerprint density at radius 2 is 1.75 bits per heavy atom. The predicted molar refractivity (Wildman–Crippen MR) is 77.8 cm³/mol. The van der Waals surface area contributed by atoms with Crippen molar-refractivity contribution in [1.82, 2.24) is 10.2 Å². The van der Waals surface area contributed by atoms with Gasteiger partial charge in [-0.15, -0.1) is 16.7 Å². The number of aryl methyl sites for hydroxylation is 1. The fourth-order valence-electron chi connectivity index (χ4n) is 5.28. The molecule has 5 heteroatoms. The van der Waals surface area contributed by atoms with Crippen molar-refractivity contribution < 1.29 is 4.42 Å². The number of anilines is 1. The molecular weight excluding hydrogens is 274 g/mol. The third-order valence-electron chi connectivity index (χ3n) is 5.55. The maximum atomic E-state index is 5.69. The second kappa shape index (κ2) is 4.90. The molecule has 0 unspecified atom stereocenters. The minimum absolute atomic E-state index is 0.496. The molecule has 110 valence electrons. The first-order valence-electron chi connectivity index (χ1n) is 7.87. The highest BCUT2D eigenvalue weighted by Crippen LogP contribution is 2.59. The largest absolute Gasteiger partial charge is 0.408 e. The van der Waals surface area contributed by atoms with Crippen LogP contribution in [0.25, 0.3) is 0 Å². The molecule has 5 rings (SSSR count). The molecule has 1 heterocycles. The van der Waals surface area contributed by atoms with E-state index in [1.807, 2.05) is 0 Å². The van der Waals surface area contributed by atoms with Crippen LogP contribution in [0, 0.1) is 23.2 Å². The van der Waals surface area contributed by atoms with Gasteiger partial charge in [0, 0.05) is 18.8 Å². The summed E-state index contributed by atoms with van der Waals surface area (Å²) in [5.74, 6) is 4.11. The first-order valence-corrected chi connectivity index (χ1v) is 8.40. The van der Waals surface area contributed by atoms with E-state index in [-0.39, 0.29) is 0 Å². The van der Waals surface area contributed by atoms with Crippen LogP contribution in [0.4, 0.5) is 6.01 Å². The van der Waals surface area contributed by atoms with Crippen molar-refractivity contribution in [2.24, 2.45) is 23.2 Å². The van der Waals surface area contributed by atoms with Crippen molar-refractivity contribution in [3.8, 4) is 0 Å². The fraction of sp³-hybridized carbons (Fsp3) is 0.867. The van der Waals surface area contributed by atoms with Gasteiger partial charge in [-0.25, -0.2) is 0 Å². The van der Waals surface area contributed by atoms with Crippen LogP contribution in [0.3, 0.4) is 0 Å². The highest BCUT2D eigenvalue weighted by atomic mass is 35.5. The summed E-state index contributed by atoms with van der Waals surface area (Å²) >= 11 is 5.69. The van der Waals surface area contributed by atoms with E-state index in [4.69, 9.17) is 16.0 Å². The Morgan fingerprint density at radius 1 is 1.10 bits per heavy atom. The summed E-state index contributed by atoms with van der Waals surface area (Å²) < 4.78 is 5.57. The Balaban J connectivity index is 1.41. The summed E-state index contributed by atoms with van der Waals surface area (Å²) in [5, 5.41) is 11.5. The number of rotatable bonds is 5. The zero-order chi connectivity index (χ0) is 13.6. The molecule has 0 spiro atoms. The zero-order valence-electron chi connectivity index (χ0n) is 11.8. The average molecular weight is 296 g/mol. The lowest BCUT2D eigenvalue weighted by atomic mass is 9.49. The molecular formula is C15H22ClN3O. The second-order valence-corrected chi connectivity index (χ2v) is 7.59. The lowest BCUT2D eigenvalue weighted by Gasteiger charge is -2.56. The van der Waals surface area contributed by atoms with Gasteiger partial charge in [0.1, 0.15) is 0 Å². The van der Waals surface area contributed by atoms with E-state index >= 15 is 0 Å². The van der Waals surface area contributed by atoms with E-state index in [1.165, 1.54) is 38.5 Å². The van der Waals surface area contributed by atoms with Gasteiger partial charge in [-0.05, 0) is 61.7 Å². The SMILES string of the molecule is ClCCc1nnc(NCC23CC4CC(CC(C4)C2)C3)o1. The summed E-state index contributed by atoms with van der Waals surface area (Å²) in [5.41, 5.74) is 0.496. The number of hydrogen-bond acceptors (Lipinski definition) is 4. The van der Waals surface area contributed by atoms with Crippen LogP contribution in [-0.4, -0.2) is 22.6 Å². The molecule has 4 saturated carbocycles. The molecule has 20 heavy (non-hydrogen) atoms. The Bertz CT molecular complexity index is 452. The standard InChI is InChI=1S/C15H22ClN3O/c16-2-1-13-18-19-14(20-13)17-9-15-6-10-3-11(7-15)5-12(4-10)8-15/h10-12H,1-9H2,(H,17,19). The molecule has 4 aliphatic carbocycles. The van der Waals surface area contributed by atoms with Gasteiger partial charge in [-0.3, -0.25) is 0 Å². The van der Waals surface area contributed by atoms with Crippen LogP contribution in [0.5, 0.6) is 0 Å². The molecule has 4 fully saturated rings. The molecule has 0 aromatic carbocycles. The van der Waals surface area contributed by atoms with E-state index in [1.54, 1.807) is 0 Å².